The number of primary amides is 2. The van der Waals surface area contributed by atoms with Crippen molar-refractivity contribution in [1.82, 2.24) is 48.5 Å². The minimum atomic E-state index is -0.672. The number of hydrogen-bond donors (Lipinski definition) is 4. The van der Waals surface area contributed by atoms with Crippen molar-refractivity contribution in [2.24, 2.45) is 16.9 Å². The number of benzene rings is 1. The third-order valence-electron chi connectivity index (χ3n) is 11.9. The highest BCUT2D eigenvalue weighted by atomic mass is 16.5. The number of allylic oxidation sites excluding steroid dienone is 2. The average Bonchev–Trinajstić information content (AvgIpc) is 3.97. The zero-order chi connectivity index (χ0) is 43.4. The second kappa shape index (κ2) is 15.8. The van der Waals surface area contributed by atoms with Gasteiger partial charge >= 0.3 is 11.7 Å². The van der Waals surface area contributed by atoms with E-state index in [9.17, 15) is 19.2 Å². The lowest BCUT2D eigenvalue weighted by Gasteiger charge is -2.52. The SMILES string of the molecule is CCn1nc(C)c2c1C(=O)Nc1nc3cc(C(N)=O)cc(OCCN4CC5(CCOCC5)C4)c3n1C/C=C/Cn1c(nc3cc(C(N)=O)cnc31)NC(=O)c1n(CC)nc(C)[n+]1-2. The van der Waals surface area contributed by atoms with Crippen LogP contribution in [0.2, 0.25) is 0 Å². The topological polar surface area (TPSA) is 254 Å². The molecule has 0 bridgehead atoms. The summed E-state index contributed by atoms with van der Waals surface area (Å²) in [5.74, 6) is -1.21. The van der Waals surface area contributed by atoms with Crippen LogP contribution in [-0.4, -0.2) is 112 Å². The largest absolute Gasteiger partial charge is 0.490 e. The van der Waals surface area contributed by atoms with Gasteiger partial charge in [-0.2, -0.15) is 9.67 Å². The predicted octanol–water partition coefficient (Wildman–Crippen LogP) is 1.87. The summed E-state index contributed by atoms with van der Waals surface area (Å²) in [5, 5.41) is 15.4. The first kappa shape index (κ1) is 40.4. The number of nitrogens with one attached hydrogen (secondary N) is 2. The van der Waals surface area contributed by atoms with E-state index < -0.39 is 23.6 Å². The second-order valence-corrected chi connectivity index (χ2v) is 15.9. The Bertz CT molecular complexity index is 2830. The molecule has 0 unspecified atom stereocenters. The molecule has 5 aromatic heterocycles. The number of aryl methyl sites for hydroxylation is 4. The molecule has 0 saturated carbocycles. The smallest absolute Gasteiger partial charge is 0.331 e. The van der Waals surface area contributed by atoms with Crippen LogP contribution in [0.15, 0.2) is 36.5 Å². The lowest BCUT2D eigenvalue weighted by atomic mass is 9.73. The van der Waals surface area contributed by atoms with Crippen molar-refractivity contribution in [3.8, 4) is 11.4 Å². The zero-order valence-corrected chi connectivity index (χ0v) is 35.0. The molecule has 0 atom stereocenters. The summed E-state index contributed by atoms with van der Waals surface area (Å²) in [6.07, 6.45) is 7.19. The van der Waals surface area contributed by atoms with Crippen molar-refractivity contribution in [2.75, 3.05) is 50.1 Å². The zero-order valence-electron chi connectivity index (χ0n) is 35.0. The van der Waals surface area contributed by atoms with Crippen LogP contribution in [0, 0.1) is 19.3 Å². The summed E-state index contributed by atoms with van der Waals surface area (Å²) < 4.78 is 20.3. The molecule has 6 N–H and O–H groups in total. The molecule has 0 radical (unpaired) electrons. The van der Waals surface area contributed by atoms with Crippen molar-refractivity contribution < 1.29 is 33.2 Å². The van der Waals surface area contributed by atoms with E-state index in [1.54, 1.807) is 44.4 Å². The van der Waals surface area contributed by atoms with Crippen molar-refractivity contribution in [1.29, 1.82) is 0 Å². The van der Waals surface area contributed by atoms with Crippen molar-refractivity contribution in [2.45, 2.75) is 66.7 Å². The van der Waals surface area contributed by atoms with Gasteiger partial charge in [0, 0.05) is 81.7 Å². The Morgan fingerprint density at radius 1 is 0.871 bits per heavy atom. The number of hydrogen-bond acceptors (Lipinski definition) is 12. The molecular formula is C41H48N15O6+. The van der Waals surface area contributed by atoms with Gasteiger partial charge in [0.15, 0.2) is 17.0 Å². The van der Waals surface area contributed by atoms with E-state index in [-0.39, 0.29) is 47.6 Å². The molecule has 4 amide bonds. The third-order valence-corrected chi connectivity index (χ3v) is 11.9. The Hall–Kier alpha value is -7.00. The molecule has 1 aromatic carbocycles. The maximum Gasteiger partial charge on any atom is 0.331 e. The lowest BCUT2D eigenvalue weighted by molar-refractivity contribution is -0.606. The highest BCUT2D eigenvalue weighted by Gasteiger charge is 2.43. The fourth-order valence-electron chi connectivity index (χ4n) is 8.85. The van der Waals surface area contributed by atoms with Gasteiger partial charge in [0.1, 0.15) is 29.9 Å². The molecule has 2 saturated heterocycles. The number of anilines is 2. The molecule has 3 aliphatic heterocycles. The molecule has 2 fully saturated rings. The summed E-state index contributed by atoms with van der Waals surface area (Å²) >= 11 is 0. The molecule has 62 heavy (non-hydrogen) atoms. The quantitative estimate of drug-likeness (QED) is 0.127. The molecule has 322 valence electrons. The Kier molecular flexibility index (Phi) is 10.3. The number of likely N-dealkylation sites (tertiary alicyclic amines) is 1. The predicted molar refractivity (Wildman–Crippen MR) is 224 cm³/mol. The van der Waals surface area contributed by atoms with E-state index in [2.05, 4.69) is 30.6 Å². The number of nitrogens with zero attached hydrogens (tertiary/aromatic N) is 11. The number of carbonyl (C=O) groups excluding carboxylic acids is 4. The van der Waals surface area contributed by atoms with Gasteiger partial charge in [-0.05, 0) is 51.8 Å². The number of rotatable bonds is 8. The molecule has 9 rings (SSSR count). The Morgan fingerprint density at radius 2 is 1.53 bits per heavy atom. The number of carbonyl (C=O) groups is 4. The summed E-state index contributed by atoms with van der Waals surface area (Å²) in [5.41, 5.74) is 14.7. The highest BCUT2D eigenvalue weighted by molar-refractivity contribution is 6.06. The minimum absolute atomic E-state index is 0.110. The number of imidazole rings is 2. The summed E-state index contributed by atoms with van der Waals surface area (Å²) in [4.78, 5) is 70.4. The normalized spacial score (nSPS) is 17.2. The summed E-state index contributed by atoms with van der Waals surface area (Å²) in [6, 6.07) is 4.71. The van der Waals surface area contributed by atoms with Gasteiger partial charge in [0.05, 0.1) is 16.8 Å². The second-order valence-electron chi connectivity index (χ2n) is 15.9. The van der Waals surface area contributed by atoms with Gasteiger partial charge in [0.25, 0.3) is 11.7 Å². The van der Waals surface area contributed by atoms with Crippen LogP contribution >= 0.6 is 0 Å². The highest BCUT2D eigenvalue weighted by Crippen LogP contribution is 2.40. The summed E-state index contributed by atoms with van der Waals surface area (Å²) in [7, 11) is 0. The third kappa shape index (κ3) is 7.01. The Balaban J connectivity index is 1.18. The number of ether oxygens (including phenoxy) is 2. The van der Waals surface area contributed by atoms with Crippen LogP contribution in [-0.2, 0) is 30.9 Å². The summed E-state index contributed by atoms with van der Waals surface area (Å²) in [6.45, 7) is 12.7. The van der Waals surface area contributed by atoms with Gasteiger partial charge in [-0.3, -0.25) is 44.0 Å². The molecule has 3 aliphatic rings. The molecule has 1 spiro atoms. The van der Waals surface area contributed by atoms with Crippen LogP contribution in [0.4, 0.5) is 11.9 Å². The first-order valence-corrected chi connectivity index (χ1v) is 20.7. The van der Waals surface area contributed by atoms with Crippen LogP contribution in [0.5, 0.6) is 5.75 Å². The molecule has 6 aromatic rings. The first-order valence-electron chi connectivity index (χ1n) is 20.7. The number of fused-ring (bicyclic) bond motifs is 9. The number of amides is 4. The maximum absolute atomic E-state index is 14.8. The standard InChI is InChI=1S/C41H47N15O6/c1-5-54-32-30(23(3)49-54)56-24(4)50-55(6-2)38(56)37(60)48-40-46-28-18-26(34(43)58)20-44-35(28)53(40)12-8-7-11-52-31-27(45-39(52)47-36(32)59)17-25(33(42)57)19-29(31)62-16-13-51-21-41(22-51)9-14-61-15-10-41/h7-8,17-20H,5-6,9-16,21-22H2,1-4H3,(H5-,42,43,45,46,47,48,57,58,59,60)/p+1/b8-7+. The fraction of sp³-hybridized carbons (Fsp3) is 0.415. The first-order chi connectivity index (χ1) is 29.9. The Morgan fingerprint density at radius 3 is 2.24 bits per heavy atom. The number of aromatic nitrogens is 10. The fourth-order valence-corrected chi connectivity index (χ4v) is 8.85. The van der Waals surface area contributed by atoms with Crippen LogP contribution < -0.4 is 31.4 Å². The monoisotopic (exact) mass is 846 g/mol. The van der Waals surface area contributed by atoms with Crippen LogP contribution in [0.25, 0.3) is 27.9 Å². The van der Waals surface area contributed by atoms with E-state index in [4.69, 9.17) is 31.0 Å². The van der Waals surface area contributed by atoms with Crippen LogP contribution in [0.1, 0.15) is 80.0 Å². The molecule has 21 nitrogen and oxygen atoms in total. The number of nitrogens with two attached hydrogens (primary N) is 2. The molecule has 21 heteroatoms. The van der Waals surface area contributed by atoms with E-state index in [0.717, 1.165) is 39.1 Å². The average molecular weight is 847 g/mol. The van der Waals surface area contributed by atoms with E-state index in [1.807, 2.05) is 26.0 Å². The van der Waals surface area contributed by atoms with Crippen molar-refractivity contribution >= 4 is 57.7 Å². The molecule has 0 aliphatic carbocycles. The van der Waals surface area contributed by atoms with E-state index in [1.165, 1.54) is 16.9 Å². The number of pyridine rings is 1. The van der Waals surface area contributed by atoms with Crippen molar-refractivity contribution in [3.05, 3.63) is 70.7 Å². The molecular weight excluding hydrogens is 799 g/mol. The van der Waals surface area contributed by atoms with Gasteiger partial charge in [-0.1, -0.05) is 12.2 Å². The van der Waals surface area contributed by atoms with Gasteiger partial charge in [-0.25, -0.2) is 15.0 Å². The lowest BCUT2D eigenvalue weighted by Crippen LogP contribution is -2.59. The van der Waals surface area contributed by atoms with Crippen molar-refractivity contribution in [3.63, 3.8) is 0 Å². The van der Waals surface area contributed by atoms with Crippen LogP contribution in [0.3, 0.4) is 0 Å². The van der Waals surface area contributed by atoms with E-state index in [0.29, 0.717) is 76.8 Å². The van der Waals surface area contributed by atoms with E-state index >= 15 is 0 Å². The van der Waals surface area contributed by atoms with Gasteiger partial charge in [-0.15, -0.1) is 4.68 Å². The van der Waals surface area contributed by atoms with Gasteiger partial charge < -0.3 is 25.5 Å². The maximum atomic E-state index is 14.8. The Labute approximate surface area is 354 Å². The van der Waals surface area contributed by atoms with Gasteiger partial charge in [0.2, 0.25) is 23.7 Å². The minimum Gasteiger partial charge on any atom is -0.490 e. The molecule has 8 heterocycles.